The summed E-state index contributed by atoms with van der Waals surface area (Å²) in [5.74, 6) is 2.37. The van der Waals surface area contributed by atoms with E-state index in [1.54, 1.807) is 25.7 Å². The van der Waals surface area contributed by atoms with Crippen molar-refractivity contribution >= 4 is 27.2 Å². The molecule has 0 amide bonds. The van der Waals surface area contributed by atoms with Crippen LogP contribution in [0.5, 0.6) is 5.75 Å². The molecule has 1 aromatic carbocycles. The van der Waals surface area contributed by atoms with Crippen LogP contribution in [0, 0.1) is 11.3 Å². The first-order chi connectivity index (χ1) is 12.8. The summed E-state index contributed by atoms with van der Waals surface area (Å²) in [4.78, 5) is 12.8. The molecule has 0 atom stereocenters. The average molecular weight is 361 g/mol. The second-order valence-electron chi connectivity index (χ2n) is 5.63. The molecule has 128 valence electrons. The highest BCUT2D eigenvalue weighted by atomic mass is 32.1. The van der Waals surface area contributed by atoms with Crippen molar-refractivity contribution in [2.24, 2.45) is 0 Å². The summed E-state index contributed by atoms with van der Waals surface area (Å²) in [7, 11) is 1.65. The fourth-order valence-corrected chi connectivity index (χ4v) is 3.77. The number of ether oxygens (including phenoxy) is 1. The molecule has 7 heteroatoms. The van der Waals surface area contributed by atoms with E-state index >= 15 is 0 Å². The first kappa shape index (κ1) is 16.1. The summed E-state index contributed by atoms with van der Waals surface area (Å²) in [5.41, 5.74) is 1.68. The van der Waals surface area contributed by atoms with Gasteiger partial charge in [-0.25, -0.2) is 9.97 Å². The van der Waals surface area contributed by atoms with Crippen LogP contribution in [0.3, 0.4) is 0 Å². The Labute approximate surface area is 154 Å². The Morgan fingerprint density at radius 3 is 2.81 bits per heavy atom. The maximum atomic E-state index is 9.38. The number of aromatic amines is 1. The molecule has 6 nitrogen and oxygen atoms in total. The van der Waals surface area contributed by atoms with Crippen LogP contribution in [-0.4, -0.2) is 22.1 Å². The first-order valence-corrected chi connectivity index (χ1v) is 8.79. The Kier molecular flexibility index (Phi) is 4.25. The number of nitrogens with zero attached hydrogens (tertiary/aromatic N) is 3. The van der Waals surface area contributed by atoms with Gasteiger partial charge in [-0.2, -0.15) is 5.26 Å². The molecule has 26 heavy (non-hydrogen) atoms. The van der Waals surface area contributed by atoms with E-state index in [0.717, 1.165) is 37.9 Å². The third-order valence-electron chi connectivity index (χ3n) is 4.03. The number of aromatic nitrogens is 3. The summed E-state index contributed by atoms with van der Waals surface area (Å²) in [5, 5.41) is 13.7. The number of anilines is 1. The first-order valence-electron chi connectivity index (χ1n) is 7.97. The van der Waals surface area contributed by atoms with Crippen molar-refractivity contribution in [2.75, 3.05) is 12.4 Å². The number of H-pyrrole nitrogens is 1. The molecule has 0 spiro atoms. The Hall–Kier alpha value is -3.37. The number of methoxy groups -OCH3 is 1. The maximum Gasteiger partial charge on any atom is 0.147 e. The van der Waals surface area contributed by atoms with Crippen molar-refractivity contribution in [3.05, 3.63) is 60.0 Å². The average Bonchev–Trinajstić information content (AvgIpc) is 3.36. The molecule has 0 saturated carbocycles. The van der Waals surface area contributed by atoms with Gasteiger partial charge in [-0.15, -0.1) is 11.3 Å². The topological polar surface area (TPSA) is 86.6 Å². The van der Waals surface area contributed by atoms with Crippen molar-refractivity contribution < 1.29 is 4.74 Å². The van der Waals surface area contributed by atoms with E-state index in [4.69, 9.17) is 4.74 Å². The Morgan fingerprint density at radius 2 is 2.12 bits per heavy atom. The molecular weight excluding hydrogens is 346 g/mol. The predicted molar refractivity (Wildman–Crippen MR) is 102 cm³/mol. The molecule has 0 saturated heterocycles. The standard InChI is InChI=1S/C19H15N5OS/c1-25-14-4-2-12(3-5-14)10-23-18-15-8-16(19-21-6-7-22-19)26-17(15)13(9-20)11-24-18/h2-8,11H,10H2,1H3,(H,21,22)(H,23,24). The molecular formula is C19H15N5OS. The van der Waals surface area contributed by atoms with Gasteiger partial charge >= 0.3 is 0 Å². The zero-order valence-electron chi connectivity index (χ0n) is 14.0. The third kappa shape index (κ3) is 2.98. The molecule has 2 N–H and O–H groups in total. The van der Waals surface area contributed by atoms with Crippen molar-refractivity contribution in [3.63, 3.8) is 0 Å². The molecule has 0 aliphatic heterocycles. The quantitative estimate of drug-likeness (QED) is 0.557. The van der Waals surface area contributed by atoms with Gasteiger partial charge in [0.05, 0.1) is 22.3 Å². The molecule has 3 aromatic heterocycles. The van der Waals surface area contributed by atoms with E-state index in [9.17, 15) is 5.26 Å². The lowest BCUT2D eigenvalue weighted by Crippen LogP contribution is -2.02. The lowest BCUT2D eigenvalue weighted by molar-refractivity contribution is 0.414. The molecule has 0 unspecified atom stereocenters. The Balaban J connectivity index is 1.67. The minimum Gasteiger partial charge on any atom is -0.497 e. The summed E-state index contributed by atoms with van der Waals surface area (Å²) in [6.45, 7) is 0.629. The van der Waals surface area contributed by atoms with Crippen LogP contribution in [0.4, 0.5) is 5.82 Å². The molecule has 3 heterocycles. The van der Waals surface area contributed by atoms with Gasteiger partial charge in [0.15, 0.2) is 0 Å². The van der Waals surface area contributed by atoms with Crippen molar-refractivity contribution in [2.45, 2.75) is 6.54 Å². The van der Waals surface area contributed by atoms with Crippen LogP contribution in [0.1, 0.15) is 11.1 Å². The van der Waals surface area contributed by atoms with Crippen molar-refractivity contribution in [3.8, 4) is 22.5 Å². The van der Waals surface area contributed by atoms with Gasteiger partial charge < -0.3 is 15.0 Å². The van der Waals surface area contributed by atoms with Gasteiger partial charge in [-0.1, -0.05) is 12.1 Å². The fraction of sp³-hybridized carbons (Fsp3) is 0.105. The number of nitriles is 1. The van der Waals surface area contributed by atoms with Crippen LogP contribution in [-0.2, 0) is 6.54 Å². The summed E-state index contributed by atoms with van der Waals surface area (Å²) < 4.78 is 6.09. The van der Waals surface area contributed by atoms with E-state index in [-0.39, 0.29) is 0 Å². The zero-order valence-corrected chi connectivity index (χ0v) is 14.8. The highest BCUT2D eigenvalue weighted by molar-refractivity contribution is 7.22. The van der Waals surface area contributed by atoms with E-state index < -0.39 is 0 Å². The van der Waals surface area contributed by atoms with Crippen LogP contribution >= 0.6 is 11.3 Å². The number of hydrogen-bond donors (Lipinski definition) is 2. The number of thiophene rings is 1. The van der Waals surface area contributed by atoms with Gasteiger partial charge in [-0.05, 0) is 23.8 Å². The molecule has 4 rings (SSSR count). The number of fused-ring (bicyclic) bond motifs is 1. The maximum absolute atomic E-state index is 9.38. The fourth-order valence-electron chi connectivity index (χ4n) is 2.69. The normalized spacial score (nSPS) is 10.6. The third-order valence-corrected chi connectivity index (χ3v) is 5.20. The molecule has 0 aliphatic rings. The number of nitrogens with one attached hydrogen (secondary N) is 2. The van der Waals surface area contributed by atoms with E-state index in [0.29, 0.717) is 12.1 Å². The van der Waals surface area contributed by atoms with Crippen LogP contribution in [0.2, 0.25) is 0 Å². The monoisotopic (exact) mass is 361 g/mol. The predicted octanol–water partition coefficient (Wildman–Crippen LogP) is 4.18. The Bertz CT molecular complexity index is 1080. The number of rotatable bonds is 5. The zero-order chi connectivity index (χ0) is 17.9. The number of benzene rings is 1. The van der Waals surface area contributed by atoms with Gasteiger partial charge in [-0.3, -0.25) is 0 Å². The summed E-state index contributed by atoms with van der Waals surface area (Å²) >= 11 is 1.53. The summed E-state index contributed by atoms with van der Waals surface area (Å²) in [6, 6.07) is 12.1. The van der Waals surface area contributed by atoms with Crippen molar-refractivity contribution in [1.82, 2.24) is 15.0 Å². The van der Waals surface area contributed by atoms with E-state index in [2.05, 4.69) is 26.3 Å². The highest BCUT2D eigenvalue weighted by Crippen LogP contribution is 2.36. The lowest BCUT2D eigenvalue weighted by Gasteiger charge is -2.08. The van der Waals surface area contributed by atoms with Gasteiger partial charge in [0, 0.05) is 30.5 Å². The molecule has 0 bridgehead atoms. The number of pyridine rings is 1. The SMILES string of the molecule is COc1ccc(CNc2ncc(C#N)c3sc(-c4ncc[nH]4)cc23)cc1. The second kappa shape index (κ2) is 6.86. The number of hydrogen-bond acceptors (Lipinski definition) is 6. The minimum atomic E-state index is 0.567. The molecule has 0 aliphatic carbocycles. The van der Waals surface area contributed by atoms with Crippen LogP contribution < -0.4 is 10.1 Å². The molecule has 0 radical (unpaired) electrons. The highest BCUT2D eigenvalue weighted by Gasteiger charge is 2.14. The molecule has 4 aromatic rings. The second-order valence-corrected chi connectivity index (χ2v) is 6.68. The minimum absolute atomic E-state index is 0.567. The van der Waals surface area contributed by atoms with Gasteiger partial charge in [0.2, 0.25) is 0 Å². The smallest absolute Gasteiger partial charge is 0.147 e. The van der Waals surface area contributed by atoms with E-state index in [1.807, 2.05) is 30.3 Å². The van der Waals surface area contributed by atoms with Gasteiger partial charge in [0.1, 0.15) is 23.5 Å². The van der Waals surface area contributed by atoms with E-state index in [1.165, 1.54) is 11.3 Å². The number of imidazole rings is 1. The van der Waals surface area contributed by atoms with Gasteiger partial charge in [0.25, 0.3) is 0 Å². The largest absolute Gasteiger partial charge is 0.497 e. The Morgan fingerprint density at radius 1 is 1.27 bits per heavy atom. The summed E-state index contributed by atoms with van der Waals surface area (Å²) in [6.07, 6.45) is 5.11. The molecule has 0 fully saturated rings. The lowest BCUT2D eigenvalue weighted by atomic mass is 10.2. The van der Waals surface area contributed by atoms with Crippen molar-refractivity contribution in [1.29, 1.82) is 5.26 Å². The van der Waals surface area contributed by atoms with Crippen LogP contribution in [0.25, 0.3) is 20.8 Å². The van der Waals surface area contributed by atoms with Crippen LogP contribution in [0.15, 0.2) is 48.9 Å².